The van der Waals surface area contributed by atoms with Crippen molar-refractivity contribution in [2.75, 3.05) is 5.32 Å². The van der Waals surface area contributed by atoms with Crippen LogP contribution in [0.2, 0.25) is 0 Å². The van der Waals surface area contributed by atoms with Crippen molar-refractivity contribution in [1.29, 1.82) is 0 Å². The van der Waals surface area contributed by atoms with Crippen molar-refractivity contribution in [1.82, 2.24) is 10.3 Å². The minimum absolute atomic E-state index is 0.259. The molecule has 2 aromatic carbocycles. The third-order valence-electron chi connectivity index (χ3n) is 3.44. The van der Waals surface area contributed by atoms with Gasteiger partial charge >= 0.3 is 6.03 Å². The van der Waals surface area contributed by atoms with E-state index in [2.05, 4.69) is 21.7 Å². The summed E-state index contributed by atoms with van der Waals surface area (Å²) in [7, 11) is 0. The zero-order chi connectivity index (χ0) is 15.4. The van der Waals surface area contributed by atoms with E-state index in [4.69, 9.17) is 0 Å². The highest BCUT2D eigenvalue weighted by atomic mass is 16.2. The van der Waals surface area contributed by atoms with Gasteiger partial charge in [0.2, 0.25) is 0 Å². The molecular weight excluding hydrogens is 274 g/mol. The molecule has 2 N–H and O–H groups in total. The van der Waals surface area contributed by atoms with E-state index < -0.39 is 0 Å². The molecule has 3 rings (SSSR count). The first-order chi connectivity index (χ1) is 10.7. The van der Waals surface area contributed by atoms with Crippen molar-refractivity contribution in [3.8, 4) is 0 Å². The molecule has 0 spiro atoms. The van der Waals surface area contributed by atoms with Gasteiger partial charge in [-0.15, -0.1) is 0 Å². The number of aryl methyl sites for hydroxylation is 1. The maximum atomic E-state index is 12.1. The molecule has 1 heterocycles. The number of nitrogens with zero attached hydrogens (tertiary/aromatic N) is 1. The van der Waals surface area contributed by atoms with Crippen LogP contribution in [-0.2, 0) is 6.54 Å². The van der Waals surface area contributed by atoms with E-state index in [1.165, 1.54) is 5.56 Å². The topological polar surface area (TPSA) is 54.0 Å². The second-order valence-corrected chi connectivity index (χ2v) is 5.18. The number of anilines is 1. The number of amides is 2. The molecule has 0 bridgehead atoms. The van der Waals surface area contributed by atoms with Crippen LogP contribution in [0.5, 0.6) is 0 Å². The fraction of sp³-hybridized carbons (Fsp3) is 0.111. The van der Waals surface area contributed by atoms with E-state index in [1.54, 1.807) is 6.20 Å². The number of pyridine rings is 1. The number of carbonyl (C=O) groups excluding carboxylic acids is 1. The van der Waals surface area contributed by atoms with Gasteiger partial charge in [-0.3, -0.25) is 5.32 Å². The van der Waals surface area contributed by atoms with Crippen molar-refractivity contribution in [2.24, 2.45) is 0 Å². The predicted molar refractivity (Wildman–Crippen MR) is 88.8 cm³/mol. The number of hydrogen-bond acceptors (Lipinski definition) is 2. The van der Waals surface area contributed by atoms with Crippen molar-refractivity contribution in [3.63, 3.8) is 0 Å². The van der Waals surface area contributed by atoms with E-state index in [0.717, 1.165) is 16.3 Å². The molecule has 0 saturated heterocycles. The van der Waals surface area contributed by atoms with Gasteiger partial charge in [-0.25, -0.2) is 9.78 Å². The van der Waals surface area contributed by atoms with Gasteiger partial charge in [0.1, 0.15) is 5.82 Å². The number of urea groups is 1. The van der Waals surface area contributed by atoms with Crippen LogP contribution in [0.4, 0.5) is 10.6 Å². The normalized spacial score (nSPS) is 10.4. The van der Waals surface area contributed by atoms with Crippen molar-refractivity contribution in [2.45, 2.75) is 13.5 Å². The number of aromatic nitrogens is 1. The molecule has 4 nitrogen and oxygen atoms in total. The van der Waals surface area contributed by atoms with Crippen LogP contribution in [-0.4, -0.2) is 11.0 Å². The Kier molecular flexibility index (Phi) is 4.01. The molecule has 0 radical (unpaired) electrons. The first-order valence-electron chi connectivity index (χ1n) is 7.16. The van der Waals surface area contributed by atoms with Crippen LogP contribution >= 0.6 is 0 Å². The second-order valence-electron chi connectivity index (χ2n) is 5.18. The first kappa shape index (κ1) is 14.1. The lowest BCUT2D eigenvalue weighted by molar-refractivity contribution is 0.251. The Hall–Kier alpha value is -2.88. The van der Waals surface area contributed by atoms with Gasteiger partial charge in [0.25, 0.3) is 0 Å². The van der Waals surface area contributed by atoms with Crippen LogP contribution in [0.25, 0.3) is 10.8 Å². The Morgan fingerprint density at radius 1 is 1.09 bits per heavy atom. The van der Waals surface area contributed by atoms with Crippen LogP contribution in [0, 0.1) is 6.92 Å². The summed E-state index contributed by atoms with van der Waals surface area (Å²) in [4.78, 5) is 16.3. The number of rotatable bonds is 3. The SMILES string of the molecule is Cc1cccc(CNC(=O)Nc2nccc3ccccc23)c1. The van der Waals surface area contributed by atoms with Gasteiger partial charge in [-0.05, 0) is 23.9 Å². The lowest BCUT2D eigenvalue weighted by Gasteiger charge is -2.09. The molecule has 2 amide bonds. The molecule has 22 heavy (non-hydrogen) atoms. The van der Waals surface area contributed by atoms with Gasteiger partial charge in [0.05, 0.1) is 0 Å². The molecule has 4 heteroatoms. The van der Waals surface area contributed by atoms with Crippen molar-refractivity contribution >= 4 is 22.6 Å². The lowest BCUT2D eigenvalue weighted by Crippen LogP contribution is -2.28. The highest BCUT2D eigenvalue weighted by Gasteiger charge is 2.06. The summed E-state index contributed by atoms with van der Waals surface area (Å²) < 4.78 is 0. The maximum Gasteiger partial charge on any atom is 0.320 e. The molecule has 0 atom stereocenters. The highest BCUT2D eigenvalue weighted by molar-refractivity contribution is 5.99. The number of hydrogen-bond donors (Lipinski definition) is 2. The maximum absolute atomic E-state index is 12.1. The molecule has 0 aliphatic rings. The highest BCUT2D eigenvalue weighted by Crippen LogP contribution is 2.20. The largest absolute Gasteiger partial charge is 0.334 e. The molecule has 1 aromatic heterocycles. The third-order valence-corrected chi connectivity index (χ3v) is 3.44. The summed E-state index contributed by atoms with van der Waals surface area (Å²) in [6, 6.07) is 17.5. The zero-order valence-electron chi connectivity index (χ0n) is 12.3. The average molecular weight is 291 g/mol. The van der Waals surface area contributed by atoms with E-state index in [9.17, 15) is 4.79 Å². The summed E-state index contributed by atoms with van der Waals surface area (Å²) in [6.45, 7) is 2.52. The Morgan fingerprint density at radius 3 is 2.82 bits per heavy atom. The molecule has 0 aliphatic carbocycles. The van der Waals surface area contributed by atoms with Gasteiger partial charge in [0, 0.05) is 18.1 Å². The van der Waals surface area contributed by atoms with Crippen LogP contribution < -0.4 is 10.6 Å². The summed E-state index contributed by atoms with van der Waals surface area (Å²) in [5.74, 6) is 0.569. The monoisotopic (exact) mass is 291 g/mol. The van der Waals surface area contributed by atoms with E-state index in [1.807, 2.05) is 55.5 Å². The molecule has 0 fully saturated rings. The Balaban J connectivity index is 1.68. The zero-order valence-corrected chi connectivity index (χ0v) is 12.3. The van der Waals surface area contributed by atoms with Gasteiger partial charge in [0.15, 0.2) is 0 Å². The van der Waals surface area contributed by atoms with Crippen molar-refractivity contribution in [3.05, 3.63) is 71.9 Å². The van der Waals surface area contributed by atoms with E-state index in [-0.39, 0.29) is 6.03 Å². The van der Waals surface area contributed by atoms with E-state index >= 15 is 0 Å². The predicted octanol–water partition coefficient (Wildman–Crippen LogP) is 3.86. The van der Waals surface area contributed by atoms with Crippen molar-refractivity contribution < 1.29 is 4.79 Å². The lowest BCUT2D eigenvalue weighted by atomic mass is 10.1. The molecule has 0 unspecified atom stereocenters. The molecule has 3 aromatic rings. The quantitative estimate of drug-likeness (QED) is 0.769. The standard InChI is InChI=1S/C18H17N3O/c1-13-5-4-6-14(11-13)12-20-18(22)21-17-16-8-3-2-7-15(16)9-10-19-17/h2-11H,12H2,1H3,(H2,19,20,21,22). The average Bonchev–Trinajstić information content (AvgIpc) is 2.53. The number of carbonyl (C=O) groups is 1. The molecular formula is C18H17N3O. The molecule has 110 valence electrons. The smallest absolute Gasteiger partial charge is 0.320 e. The van der Waals surface area contributed by atoms with Gasteiger partial charge < -0.3 is 5.32 Å². The minimum atomic E-state index is -0.259. The fourth-order valence-corrected chi connectivity index (χ4v) is 2.38. The Labute approximate surface area is 129 Å². The molecule has 0 aliphatic heterocycles. The van der Waals surface area contributed by atoms with Gasteiger partial charge in [-0.1, -0.05) is 54.1 Å². The van der Waals surface area contributed by atoms with Gasteiger partial charge in [-0.2, -0.15) is 0 Å². The van der Waals surface area contributed by atoms with E-state index in [0.29, 0.717) is 12.4 Å². The summed E-state index contributed by atoms with van der Waals surface area (Å²) in [5, 5.41) is 7.63. The molecule has 0 saturated carbocycles. The number of benzene rings is 2. The summed E-state index contributed by atoms with van der Waals surface area (Å²) in [6.07, 6.45) is 1.69. The Bertz CT molecular complexity index is 809. The third kappa shape index (κ3) is 3.23. The number of fused-ring (bicyclic) bond motifs is 1. The fourth-order valence-electron chi connectivity index (χ4n) is 2.38. The minimum Gasteiger partial charge on any atom is -0.334 e. The van der Waals surface area contributed by atoms with Crippen LogP contribution in [0.15, 0.2) is 60.8 Å². The first-order valence-corrected chi connectivity index (χ1v) is 7.16. The number of nitrogens with one attached hydrogen (secondary N) is 2. The van der Waals surface area contributed by atoms with Crippen LogP contribution in [0.3, 0.4) is 0 Å². The summed E-state index contributed by atoms with van der Waals surface area (Å²) in [5.41, 5.74) is 2.25. The second kappa shape index (κ2) is 6.26. The Morgan fingerprint density at radius 2 is 1.95 bits per heavy atom. The summed E-state index contributed by atoms with van der Waals surface area (Å²) >= 11 is 0. The van der Waals surface area contributed by atoms with Crippen LogP contribution in [0.1, 0.15) is 11.1 Å².